The molecule has 1 rings (SSSR count). The van der Waals surface area contributed by atoms with Crippen molar-refractivity contribution in [1.29, 1.82) is 0 Å². The molecule has 0 amide bonds. The quantitative estimate of drug-likeness (QED) is 0.722. The molecule has 1 fully saturated rings. The molecule has 0 heterocycles. The normalized spacial score (nSPS) is 23.6. The molecule has 1 aliphatic carbocycles. The smallest absolute Gasteiger partial charge is 0.0869 e. The molecule has 3 nitrogen and oxygen atoms in total. The third kappa shape index (κ3) is 4.81. The molecule has 2 atom stereocenters. The highest BCUT2D eigenvalue weighted by Gasteiger charge is 2.25. The molecule has 0 radical (unpaired) electrons. The maximum absolute atomic E-state index is 10.2. The van der Waals surface area contributed by atoms with E-state index < -0.39 is 5.60 Å². The minimum atomic E-state index is -0.629. The van der Waals surface area contributed by atoms with Crippen molar-refractivity contribution < 1.29 is 5.11 Å². The number of likely N-dealkylation sites (N-methyl/N-ethyl adjacent to an activating group) is 1. The van der Waals surface area contributed by atoms with Gasteiger partial charge in [0.1, 0.15) is 0 Å². The molecular weight excluding hydrogens is 200 g/mol. The largest absolute Gasteiger partial charge is 0.388 e. The van der Waals surface area contributed by atoms with E-state index in [2.05, 4.69) is 12.2 Å². The fourth-order valence-corrected chi connectivity index (χ4v) is 2.74. The van der Waals surface area contributed by atoms with Crippen LogP contribution in [0.1, 0.15) is 39.5 Å². The lowest BCUT2D eigenvalue weighted by atomic mass is 9.98. The summed E-state index contributed by atoms with van der Waals surface area (Å²) in [5.74, 6) is 0.815. The van der Waals surface area contributed by atoms with Crippen molar-refractivity contribution >= 4 is 0 Å². The van der Waals surface area contributed by atoms with Gasteiger partial charge < -0.3 is 15.3 Å². The SMILES string of the molecule is CC(NCC(C)(O)CN(C)C)C1CCCC1. The summed E-state index contributed by atoms with van der Waals surface area (Å²) in [5, 5.41) is 13.7. The van der Waals surface area contributed by atoms with Gasteiger partial charge in [-0.1, -0.05) is 12.8 Å². The zero-order valence-electron chi connectivity index (χ0n) is 11.3. The van der Waals surface area contributed by atoms with E-state index in [-0.39, 0.29) is 0 Å². The molecule has 0 aromatic heterocycles. The number of nitrogens with zero attached hydrogens (tertiary/aromatic N) is 1. The van der Waals surface area contributed by atoms with Crippen molar-refractivity contribution in [2.45, 2.75) is 51.2 Å². The zero-order chi connectivity index (χ0) is 12.2. The number of nitrogens with one attached hydrogen (secondary N) is 1. The van der Waals surface area contributed by atoms with Gasteiger partial charge >= 0.3 is 0 Å². The van der Waals surface area contributed by atoms with Gasteiger partial charge in [-0.15, -0.1) is 0 Å². The number of aliphatic hydroxyl groups is 1. The predicted octanol–water partition coefficient (Wildman–Crippen LogP) is 1.47. The van der Waals surface area contributed by atoms with Crippen molar-refractivity contribution in [1.82, 2.24) is 10.2 Å². The summed E-state index contributed by atoms with van der Waals surface area (Å²) >= 11 is 0. The minimum absolute atomic E-state index is 0.538. The lowest BCUT2D eigenvalue weighted by Gasteiger charge is -2.30. The Labute approximate surface area is 100 Å². The predicted molar refractivity (Wildman–Crippen MR) is 68.6 cm³/mol. The molecule has 0 aromatic rings. The Balaban J connectivity index is 2.26. The van der Waals surface area contributed by atoms with Crippen molar-refractivity contribution in [2.24, 2.45) is 5.92 Å². The molecule has 2 N–H and O–H groups in total. The summed E-state index contributed by atoms with van der Waals surface area (Å²) < 4.78 is 0. The number of hydrogen-bond donors (Lipinski definition) is 2. The Morgan fingerprint density at radius 2 is 1.94 bits per heavy atom. The van der Waals surface area contributed by atoms with Crippen LogP contribution in [0.4, 0.5) is 0 Å². The average molecular weight is 228 g/mol. The Bertz CT molecular complexity index is 198. The molecule has 2 unspecified atom stereocenters. The Morgan fingerprint density at radius 1 is 1.38 bits per heavy atom. The summed E-state index contributed by atoms with van der Waals surface area (Å²) in [5.41, 5.74) is -0.629. The molecule has 3 heteroatoms. The third-order valence-corrected chi connectivity index (χ3v) is 3.57. The first-order chi connectivity index (χ1) is 7.41. The standard InChI is InChI=1S/C13H28N2O/c1-11(12-7-5-6-8-12)14-9-13(2,16)10-15(3)4/h11-12,14,16H,5-10H2,1-4H3. The van der Waals surface area contributed by atoms with Crippen molar-refractivity contribution in [3.05, 3.63) is 0 Å². The second-order valence-electron chi connectivity index (χ2n) is 5.95. The van der Waals surface area contributed by atoms with Gasteiger partial charge in [0, 0.05) is 19.1 Å². The lowest BCUT2D eigenvalue weighted by molar-refractivity contribution is 0.0301. The second-order valence-corrected chi connectivity index (χ2v) is 5.95. The van der Waals surface area contributed by atoms with Crippen molar-refractivity contribution in [3.8, 4) is 0 Å². The first-order valence-corrected chi connectivity index (χ1v) is 6.51. The number of rotatable bonds is 6. The highest BCUT2D eigenvalue weighted by atomic mass is 16.3. The van der Waals surface area contributed by atoms with E-state index in [1.807, 2.05) is 25.9 Å². The molecule has 0 bridgehead atoms. The van der Waals surface area contributed by atoms with Gasteiger partial charge in [-0.2, -0.15) is 0 Å². The van der Waals surface area contributed by atoms with Gasteiger partial charge in [-0.05, 0) is 46.7 Å². The van der Waals surface area contributed by atoms with E-state index in [0.29, 0.717) is 19.1 Å². The molecule has 1 saturated carbocycles. The van der Waals surface area contributed by atoms with Crippen LogP contribution in [0.3, 0.4) is 0 Å². The molecule has 96 valence electrons. The third-order valence-electron chi connectivity index (χ3n) is 3.57. The monoisotopic (exact) mass is 228 g/mol. The van der Waals surface area contributed by atoms with Crippen LogP contribution in [0.5, 0.6) is 0 Å². The fraction of sp³-hybridized carbons (Fsp3) is 1.00. The first-order valence-electron chi connectivity index (χ1n) is 6.51. The maximum Gasteiger partial charge on any atom is 0.0869 e. The van der Waals surface area contributed by atoms with Crippen LogP contribution in [0, 0.1) is 5.92 Å². The molecule has 1 aliphatic rings. The van der Waals surface area contributed by atoms with Gasteiger partial charge in [0.2, 0.25) is 0 Å². The van der Waals surface area contributed by atoms with Crippen molar-refractivity contribution in [3.63, 3.8) is 0 Å². The van der Waals surface area contributed by atoms with Crippen molar-refractivity contribution in [2.75, 3.05) is 27.2 Å². The van der Waals surface area contributed by atoms with E-state index >= 15 is 0 Å². The van der Waals surface area contributed by atoms with Gasteiger partial charge in [-0.3, -0.25) is 0 Å². The minimum Gasteiger partial charge on any atom is -0.388 e. The molecule has 0 aromatic carbocycles. The van der Waals surface area contributed by atoms with E-state index in [4.69, 9.17) is 0 Å². The van der Waals surface area contributed by atoms with E-state index in [1.165, 1.54) is 25.7 Å². The lowest BCUT2D eigenvalue weighted by Crippen LogP contribution is -2.48. The topological polar surface area (TPSA) is 35.5 Å². The molecule has 0 spiro atoms. The fourth-order valence-electron chi connectivity index (χ4n) is 2.74. The summed E-state index contributed by atoms with van der Waals surface area (Å²) in [6, 6.07) is 0.538. The summed E-state index contributed by atoms with van der Waals surface area (Å²) in [7, 11) is 3.99. The van der Waals surface area contributed by atoms with Crippen LogP contribution in [0.15, 0.2) is 0 Å². The van der Waals surface area contributed by atoms with Gasteiger partial charge in [0.25, 0.3) is 0 Å². The van der Waals surface area contributed by atoms with Gasteiger partial charge in [0.05, 0.1) is 5.60 Å². The van der Waals surface area contributed by atoms with E-state index in [0.717, 1.165) is 5.92 Å². The maximum atomic E-state index is 10.2. The summed E-state index contributed by atoms with van der Waals surface area (Å²) in [6.45, 7) is 5.54. The second kappa shape index (κ2) is 5.99. The van der Waals surface area contributed by atoms with Crippen LogP contribution >= 0.6 is 0 Å². The summed E-state index contributed by atoms with van der Waals surface area (Å²) in [4.78, 5) is 2.03. The van der Waals surface area contributed by atoms with Crippen LogP contribution in [0.25, 0.3) is 0 Å². The van der Waals surface area contributed by atoms with Gasteiger partial charge in [0.15, 0.2) is 0 Å². The van der Waals surface area contributed by atoms with E-state index in [1.54, 1.807) is 0 Å². The Kier molecular flexibility index (Phi) is 5.22. The number of hydrogen-bond acceptors (Lipinski definition) is 3. The zero-order valence-corrected chi connectivity index (χ0v) is 11.3. The Hall–Kier alpha value is -0.120. The van der Waals surface area contributed by atoms with Crippen LogP contribution in [0.2, 0.25) is 0 Å². The van der Waals surface area contributed by atoms with E-state index in [9.17, 15) is 5.11 Å². The van der Waals surface area contributed by atoms with Gasteiger partial charge in [-0.25, -0.2) is 0 Å². The van der Waals surface area contributed by atoms with Crippen LogP contribution in [-0.4, -0.2) is 48.8 Å². The molecule has 0 saturated heterocycles. The molecule has 16 heavy (non-hydrogen) atoms. The first kappa shape index (κ1) is 13.9. The average Bonchev–Trinajstić information content (AvgIpc) is 2.64. The Morgan fingerprint density at radius 3 is 2.44 bits per heavy atom. The molecular formula is C13H28N2O. The highest BCUT2D eigenvalue weighted by molar-refractivity contribution is 4.83. The van der Waals surface area contributed by atoms with Crippen LogP contribution in [-0.2, 0) is 0 Å². The molecule has 0 aliphatic heterocycles. The summed E-state index contributed by atoms with van der Waals surface area (Å²) in [6.07, 6.45) is 5.46. The van der Waals surface area contributed by atoms with Crippen LogP contribution < -0.4 is 5.32 Å². The highest BCUT2D eigenvalue weighted by Crippen LogP contribution is 2.27.